The van der Waals surface area contributed by atoms with Gasteiger partial charge in [-0.05, 0) is 37.1 Å². The molecule has 0 fully saturated rings. The molecule has 0 heterocycles. The van der Waals surface area contributed by atoms with Crippen LogP contribution in [0.25, 0.3) is 0 Å². The van der Waals surface area contributed by atoms with Crippen molar-refractivity contribution in [2.24, 2.45) is 5.16 Å². The van der Waals surface area contributed by atoms with Crippen LogP contribution in [-0.4, -0.2) is 30.0 Å². The first-order valence-electron chi connectivity index (χ1n) is 7.72. The summed E-state index contributed by atoms with van der Waals surface area (Å²) in [7, 11) is 0. The van der Waals surface area contributed by atoms with Crippen LogP contribution >= 0.6 is 0 Å². The molecule has 1 N–H and O–H groups in total. The summed E-state index contributed by atoms with van der Waals surface area (Å²) in [6, 6.07) is 15.1. The fraction of sp³-hybridized carbons (Fsp3) is 0.263. The van der Waals surface area contributed by atoms with Gasteiger partial charge in [-0.15, -0.1) is 0 Å². The van der Waals surface area contributed by atoms with E-state index in [0.29, 0.717) is 24.5 Å². The summed E-state index contributed by atoms with van der Waals surface area (Å²) in [6.07, 6.45) is -0.0201. The molecule has 2 aromatic rings. The van der Waals surface area contributed by atoms with Gasteiger partial charge in [0, 0.05) is 0 Å². The molecule has 0 radical (unpaired) electrons. The fourth-order valence-electron chi connectivity index (χ4n) is 2.11. The third-order valence-electron chi connectivity index (χ3n) is 3.37. The van der Waals surface area contributed by atoms with Crippen LogP contribution in [0.5, 0.6) is 5.75 Å². The number of aliphatic carboxylic acids is 1. The van der Waals surface area contributed by atoms with Crippen molar-refractivity contribution < 1.29 is 19.5 Å². The van der Waals surface area contributed by atoms with Gasteiger partial charge in [0.2, 0.25) is 0 Å². The summed E-state index contributed by atoms with van der Waals surface area (Å²) in [5, 5.41) is 12.9. The number of carboxylic acids is 1. The Kier molecular flexibility index (Phi) is 6.37. The monoisotopic (exact) mass is 327 g/mol. The molecule has 0 amide bonds. The second kappa shape index (κ2) is 8.72. The van der Waals surface area contributed by atoms with Gasteiger partial charge in [-0.3, -0.25) is 4.79 Å². The predicted molar refractivity (Wildman–Crippen MR) is 92.6 cm³/mol. The van der Waals surface area contributed by atoms with Gasteiger partial charge in [-0.2, -0.15) is 0 Å². The van der Waals surface area contributed by atoms with Crippen LogP contribution in [-0.2, 0) is 16.1 Å². The van der Waals surface area contributed by atoms with Crippen LogP contribution < -0.4 is 4.74 Å². The Morgan fingerprint density at radius 3 is 2.58 bits per heavy atom. The van der Waals surface area contributed by atoms with Crippen molar-refractivity contribution in [2.45, 2.75) is 20.3 Å². The Hall–Kier alpha value is -2.82. The topological polar surface area (TPSA) is 68.1 Å². The lowest BCUT2D eigenvalue weighted by molar-refractivity contribution is -0.136. The van der Waals surface area contributed by atoms with Crippen LogP contribution in [0.2, 0.25) is 0 Å². The number of carbonyl (C=O) groups is 1. The number of ether oxygens (including phenoxy) is 1. The summed E-state index contributed by atoms with van der Waals surface area (Å²) >= 11 is 0. The van der Waals surface area contributed by atoms with Crippen molar-refractivity contribution in [3.8, 4) is 5.75 Å². The molecule has 24 heavy (non-hydrogen) atoms. The van der Waals surface area contributed by atoms with Crippen molar-refractivity contribution in [1.29, 1.82) is 0 Å². The largest absolute Gasteiger partial charge is 0.490 e. The Morgan fingerprint density at radius 1 is 1.12 bits per heavy atom. The molecule has 0 aliphatic heterocycles. The Labute approximate surface area is 141 Å². The van der Waals surface area contributed by atoms with Crippen LogP contribution in [0.15, 0.2) is 53.7 Å². The van der Waals surface area contributed by atoms with Crippen LogP contribution in [0.3, 0.4) is 0 Å². The lowest BCUT2D eigenvalue weighted by atomic mass is 10.1. The molecule has 2 aromatic carbocycles. The number of rotatable bonds is 8. The number of carboxylic acid groups (broad SMARTS) is 1. The smallest absolute Gasteiger partial charge is 0.307 e. The Bertz CT molecular complexity index is 708. The second-order valence-corrected chi connectivity index (χ2v) is 5.44. The van der Waals surface area contributed by atoms with Gasteiger partial charge in [0.25, 0.3) is 0 Å². The predicted octanol–water partition coefficient (Wildman–Crippen LogP) is 3.44. The normalized spacial score (nSPS) is 11.2. The molecule has 0 bridgehead atoms. The average molecular weight is 327 g/mol. The Balaban J connectivity index is 1.77. The highest BCUT2D eigenvalue weighted by atomic mass is 16.6. The number of hydrogen-bond donors (Lipinski definition) is 1. The highest BCUT2D eigenvalue weighted by Gasteiger charge is 2.02. The number of nitrogens with zero attached hydrogens (tertiary/aromatic N) is 1. The van der Waals surface area contributed by atoms with E-state index < -0.39 is 5.97 Å². The molecule has 0 spiro atoms. The summed E-state index contributed by atoms with van der Waals surface area (Å²) in [4.78, 5) is 16.0. The lowest BCUT2D eigenvalue weighted by Gasteiger charge is -2.07. The van der Waals surface area contributed by atoms with Gasteiger partial charge in [0.05, 0.1) is 12.1 Å². The molecular weight excluding hydrogens is 306 g/mol. The molecular formula is C19H21NO4. The van der Waals surface area contributed by atoms with E-state index in [4.69, 9.17) is 14.7 Å². The van der Waals surface area contributed by atoms with Gasteiger partial charge < -0.3 is 14.7 Å². The first-order valence-corrected chi connectivity index (χ1v) is 7.72. The van der Waals surface area contributed by atoms with Crippen LogP contribution in [0.1, 0.15) is 23.6 Å². The van der Waals surface area contributed by atoms with Crippen LogP contribution in [0, 0.1) is 6.92 Å². The minimum Gasteiger partial charge on any atom is -0.490 e. The summed E-state index contributed by atoms with van der Waals surface area (Å²) in [5.74, 6) is -0.243. The zero-order chi connectivity index (χ0) is 17.4. The van der Waals surface area contributed by atoms with Crippen LogP contribution in [0.4, 0.5) is 0 Å². The molecule has 0 aliphatic carbocycles. The molecule has 5 heteroatoms. The van der Waals surface area contributed by atoms with E-state index >= 15 is 0 Å². The number of benzene rings is 2. The molecule has 0 aliphatic rings. The molecule has 5 nitrogen and oxygen atoms in total. The number of hydrogen-bond acceptors (Lipinski definition) is 4. The van der Waals surface area contributed by atoms with Crippen molar-refractivity contribution >= 4 is 11.7 Å². The van der Waals surface area contributed by atoms with E-state index in [1.807, 2.05) is 38.1 Å². The summed E-state index contributed by atoms with van der Waals surface area (Å²) < 4.78 is 5.54. The molecule has 2 rings (SSSR count). The molecule has 0 atom stereocenters. The minimum absolute atomic E-state index is 0.0201. The number of oxime groups is 1. The third kappa shape index (κ3) is 5.76. The van der Waals surface area contributed by atoms with Gasteiger partial charge in [-0.25, -0.2) is 0 Å². The van der Waals surface area contributed by atoms with Gasteiger partial charge >= 0.3 is 5.97 Å². The quantitative estimate of drug-likeness (QED) is 0.458. The molecule has 0 unspecified atom stereocenters. The maximum absolute atomic E-state index is 10.7. The van der Waals surface area contributed by atoms with Crippen molar-refractivity contribution in [1.82, 2.24) is 0 Å². The third-order valence-corrected chi connectivity index (χ3v) is 3.37. The van der Waals surface area contributed by atoms with Gasteiger partial charge in [0.15, 0.2) is 6.61 Å². The molecule has 0 saturated heterocycles. The highest BCUT2D eigenvalue weighted by Crippen LogP contribution is 2.13. The zero-order valence-electron chi connectivity index (χ0n) is 13.9. The van der Waals surface area contributed by atoms with Crippen molar-refractivity contribution in [3.63, 3.8) is 0 Å². The van der Waals surface area contributed by atoms with E-state index in [0.717, 1.165) is 11.3 Å². The fourth-order valence-corrected chi connectivity index (χ4v) is 2.11. The van der Waals surface area contributed by atoms with Gasteiger partial charge in [0.1, 0.15) is 12.4 Å². The minimum atomic E-state index is -0.864. The van der Waals surface area contributed by atoms with E-state index in [-0.39, 0.29) is 6.42 Å². The summed E-state index contributed by atoms with van der Waals surface area (Å²) in [5.41, 5.74) is 3.72. The van der Waals surface area contributed by atoms with E-state index in [9.17, 15) is 4.79 Å². The molecule has 0 saturated carbocycles. The maximum atomic E-state index is 10.7. The SMILES string of the molecule is CC(=NOCCOc1cccc(CC(=O)O)c1)c1ccc(C)cc1. The highest BCUT2D eigenvalue weighted by molar-refractivity contribution is 5.98. The number of aryl methyl sites for hydroxylation is 1. The maximum Gasteiger partial charge on any atom is 0.307 e. The zero-order valence-corrected chi connectivity index (χ0v) is 13.9. The van der Waals surface area contributed by atoms with Crippen molar-refractivity contribution in [3.05, 3.63) is 65.2 Å². The van der Waals surface area contributed by atoms with E-state index in [1.165, 1.54) is 5.56 Å². The first-order chi connectivity index (χ1) is 11.5. The second-order valence-electron chi connectivity index (χ2n) is 5.44. The Morgan fingerprint density at radius 2 is 1.88 bits per heavy atom. The summed E-state index contributed by atoms with van der Waals surface area (Å²) in [6.45, 7) is 4.57. The van der Waals surface area contributed by atoms with Crippen molar-refractivity contribution in [2.75, 3.05) is 13.2 Å². The van der Waals surface area contributed by atoms with Gasteiger partial charge in [-0.1, -0.05) is 47.1 Å². The van der Waals surface area contributed by atoms with E-state index in [1.54, 1.807) is 24.3 Å². The lowest BCUT2D eigenvalue weighted by Crippen LogP contribution is -2.06. The molecule has 126 valence electrons. The molecule has 0 aromatic heterocycles. The standard InChI is InChI=1S/C19H21NO4/c1-14-6-8-17(9-7-14)15(2)20-24-11-10-23-18-5-3-4-16(12-18)13-19(21)22/h3-9,12H,10-11,13H2,1-2H3,(H,21,22). The van der Waals surface area contributed by atoms with E-state index in [2.05, 4.69) is 5.16 Å². The average Bonchev–Trinajstić information content (AvgIpc) is 2.55. The first kappa shape index (κ1) is 17.5.